The van der Waals surface area contributed by atoms with Crippen LogP contribution in [0.2, 0.25) is 0 Å². The maximum absolute atomic E-state index is 12.2. The minimum absolute atomic E-state index is 0.0410. The fraction of sp³-hybridized carbons (Fsp3) is 0.571. The summed E-state index contributed by atoms with van der Waals surface area (Å²) in [6.07, 6.45) is 1.02. The number of ether oxygens (including phenoxy) is 1. The lowest BCUT2D eigenvalue weighted by molar-refractivity contribution is -0.143. The number of carboxylic acids is 2. The zero-order valence-electron chi connectivity index (χ0n) is 16.7. The van der Waals surface area contributed by atoms with Gasteiger partial charge in [0.1, 0.15) is 5.60 Å². The average Bonchev–Trinajstić information content (AvgIpc) is 3.06. The number of hydrogen-bond acceptors (Lipinski definition) is 4. The number of rotatable bonds is 7. The van der Waals surface area contributed by atoms with E-state index in [2.05, 4.69) is 0 Å². The molecule has 0 radical (unpaired) electrons. The van der Waals surface area contributed by atoms with Gasteiger partial charge >= 0.3 is 18.0 Å². The summed E-state index contributed by atoms with van der Waals surface area (Å²) in [4.78, 5) is 36.5. The molecule has 1 aliphatic heterocycles. The number of carbonyl (C=O) groups excluding carboxylic acids is 1. The zero-order chi connectivity index (χ0) is 20.9. The molecule has 154 valence electrons. The molecule has 7 heteroatoms. The van der Waals surface area contributed by atoms with Gasteiger partial charge in [0.15, 0.2) is 0 Å². The number of nitrogens with zero attached hydrogens (tertiary/aromatic N) is 1. The molecule has 1 amide bonds. The van der Waals surface area contributed by atoms with Crippen molar-refractivity contribution in [3.63, 3.8) is 0 Å². The van der Waals surface area contributed by atoms with Gasteiger partial charge in [-0.1, -0.05) is 24.3 Å². The summed E-state index contributed by atoms with van der Waals surface area (Å²) in [5.74, 6) is -2.50. The first-order valence-corrected chi connectivity index (χ1v) is 9.55. The van der Waals surface area contributed by atoms with Gasteiger partial charge in [0, 0.05) is 19.5 Å². The van der Waals surface area contributed by atoms with Crippen molar-refractivity contribution in [1.82, 2.24) is 4.90 Å². The van der Waals surface area contributed by atoms with E-state index in [0.29, 0.717) is 32.4 Å². The van der Waals surface area contributed by atoms with Gasteiger partial charge in [-0.25, -0.2) is 4.79 Å². The second-order valence-electron chi connectivity index (χ2n) is 8.34. The van der Waals surface area contributed by atoms with Crippen LogP contribution in [-0.2, 0) is 27.2 Å². The summed E-state index contributed by atoms with van der Waals surface area (Å²) in [5.41, 5.74) is 1.16. The Balaban J connectivity index is 2.02. The van der Waals surface area contributed by atoms with Crippen molar-refractivity contribution in [2.24, 2.45) is 11.8 Å². The summed E-state index contributed by atoms with van der Waals surface area (Å²) in [5, 5.41) is 18.6. The predicted molar refractivity (Wildman–Crippen MR) is 103 cm³/mol. The number of aliphatic carboxylic acids is 2. The number of amides is 1. The van der Waals surface area contributed by atoms with E-state index in [9.17, 15) is 19.5 Å². The molecule has 7 nitrogen and oxygen atoms in total. The summed E-state index contributed by atoms with van der Waals surface area (Å²) in [6, 6.07) is 7.41. The van der Waals surface area contributed by atoms with Gasteiger partial charge in [-0.15, -0.1) is 0 Å². The van der Waals surface area contributed by atoms with Gasteiger partial charge in [-0.05, 0) is 57.1 Å². The third kappa shape index (κ3) is 6.55. The minimum Gasteiger partial charge on any atom is -0.481 e. The molecule has 0 aliphatic carbocycles. The first-order valence-electron chi connectivity index (χ1n) is 9.55. The van der Waals surface area contributed by atoms with Crippen molar-refractivity contribution >= 4 is 18.0 Å². The predicted octanol–water partition coefficient (Wildman–Crippen LogP) is 3.20. The quantitative estimate of drug-likeness (QED) is 0.740. The molecule has 1 heterocycles. The van der Waals surface area contributed by atoms with E-state index in [1.807, 2.05) is 24.3 Å². The Hall–Kier alpha value is -2.57. The smallest absolute Gasteiger partial charge is 0.410 e. The lowest BCUT2D eigenvalue weighted by Crippen LogP contribution is -2.36. The average molecular weight is 391 g/mol. The van der Waals surface area contributed by atoms with Crippen molar-refractivity contribution in [2.75, 3.05) is 13.1 Å². The standard InChI is InChI=1S/C21H29NO6/c1-21(2,3)28-20(27)22-10-9-16(13-22)17(19(25)26)12-15-6-4-5-14(11-15)7-8-18(23)24/h4-6,11,16-17H,7-10,12-13H2,1-3H3,(H,23,24)(H,25,26)/t16-,17-/m0/s1. The Kier molecular flexibility index (Phi) is 7.05. The molecule has 1 fully saturated rings. The topological polar surface area (TPSA) is 104 Å². The van der Waals surface area contributed by atoms with Crippen LogP contribution in [0.25, 0.3) is 0 Å². The van der Waals surface area contributed by atoms with Crippen LogP contribution >= 0.6 is 0 Å². The molecule has 1 aromatic carbocycles. The van der Waals surface area contributed by atoms with Crippen LogP contribution in [0.3, 0.4) is 0 Å². The van der Waals surface area contributed by atoms with E-state index in [4.69, 9.17) is 9.84 Å². The monoisotopic (exact) mass is 391 g/mol. The zero-order valence-corrected chi connectivity index (χ0v) is 16.7. The normalized spacial score (nSPS) is 18.0. The molecule has 1 aromatic rings. The number of hydrogen-bond donors (Lipinski definition) is 2. The number of carboxylic acid groups (broad SMARTS) is 2. The van der Waals surface area contributed by atoms with E-state index in [1.54, 1.807) is 25.7 Å². The van der Waals surface area contributed by atoms with Crippen molar-refractivity contribution in [2.45, 2.75) is 52.1 Å². The molecule has 0 aromatic heterocycles. The van der Waals surface area contributed by atoms with Gasteiger partial charge in [-0.3, -0.25) is 9.59 Å². The third-order valence-electron chi connectivity index (χ3n) is 4.84. The molecule has 0 spiro atoms. The maximum atomic E-state index is 12.2. The first-order chi connectivity index (χ1) is 13.0. The van der Waals surface area contributed by atoms with Gasteiger partial charge < -0.3 is 19.8 Å². The van der Waals surface area contributed by atoms with Crippen LogP contribution in [0, 0.1) is 11.8 Å². The highest BCUT2D eigenvalue weighted by molar-refractivity contribution is 5.72. The van der Waals surface area contributed by atoms with E-state index >= 15 is 0 Å². The lowest BCUT2D eigenvalue weighted by atomic mass is 9.85. The molecule has 2 rings (SSSR count). The maximum Gasteiger partial charge on any atom is 0.410 e. The molecule has 1 aliphatic rings. The molecule has 2 N–H and O–H groups in total. The number of likely N-dealkylation sites (tertiary alicyclic amines) is 1. The minimum atomic E-state index is -0.882. The van der Waals surface area contributed by atoms with Crippen molar-refractivity contribution in [3.05, 3.63) is 35.4 Å². The van der Waals surface area contributed by atoms with E-state index in [-0.39, 0.29) is 12.3 Å². The largest absolute Gasteiger partial charge is 0.481 e. The van der Waals surface area contributed by atoms with Gasteiger partial charge in [0.2, 0.25) is 0 Å². The molecule has 2 atom stereocenters. The van der Waals surface area contributed by atoms with Gasteiger partial charge in [0.25, 0.3) is 0 Å². The highest BCUT2D eigenvalue weighted by Crippen LogP contribution is 2.29. The van der Waals surface area contributed by atoms with Crippen LogP contribution in [0.5, 0.6) is 0 Å². The van der Waals surface area contributed by atoms with Gasteiger partial charge in [-0.2, -0.15) is 0 Å². The van der Waals surface area contributed by atoms with Crippen LogP contribution in [0.4, 0.5) is 4.79 Å². The molecule has 28 heavy (non-hydrogen) atoms. The SMILES string of the molecule is CC(C)(C)OC(=O)N1CC[C@H]([C@H](Cc2cccc(CCC(=O)O)c2)C(=O)O)C1. The van der Waals surface area contributed by atoms with Crippen LogP contribution in [0.15, 0.2) is 24.3 Å². The van der Waals surface area contributed by atoms with Crippen molar-refractivity contribution in [1.29, 1.82) is 0 Å². The fourth-order valence-corrected chi connectivity index (χ4v) is 3.48. The van der Waals surface area contributed by atoms with Crippen LogP contribution in [-0.4, -0.2) is 51.8 Å². The van der Waals surface area contributed by atoms with Crippen molar-refractivity contribution in [3.8, 4) is 0 Å². The molecule has 1 saturated heterocycles. The number of benzene rings is 1. The Morgan fingerprint density at radius 2 is 1.89 bits per heavy atom. The highest BCUT2D eigenvalue weighted by Gasteiger charge is 2.37. The summed E-state index contributed by atoms with van der Waals surface area (Å²) < 4.78 is 5.38. The fourth-order valence-electron chi connectivity index (χ4n) is 3.48. The first kappa shape index (κ1) is 21.7. The third-order valence-corrected chi connectivity index (χ3v) is 4.84. The Bertz CT molecular complexity index is 724. The number of aryl methyl sites for hydroxylation is 1. The Morgan fingerprint density at radius 1 is 1.21 bits per heavy atom. The second kappa shape index (κ2) is 9.08. The summed E-state index contributed by atoms with van der Waals surface area (Å²) in [6.45, 7) is 6.26. The summed E-state index contributed by atoms with van der Waals surface area (Å²) in [7, 11) is 0. The van der Waals surface area contributed by atoms with Crippen LogP contribution in [0.1, 0.15) is 44.7 Å². The number of carbonyl (C=O) groups is 3. The van der Waals surface area contributed by atoms with Crippen molar-refractivity contribution < 1.29 is 29.3 Å². The van der Waals surface area contributed by atoms with E-state index in [0.717, 1.165) is 11.1 Å². The van der Waals surface area contributed by atoms with Crippen LogP contribution < -0.4 is 0 Å². The molecular formula is C21H29NO6. The lowest BCUT2D eigenvalue weighted by Gasteiger charge is -2.25. The van der Waals surface area contributed by atoms with Gasteiger partial charge in [0.05, 0.1) is 5.92 Å². The highest BCUT2D eigenvalue weighted by atomic mass is 16.6. The molecule has 0 saturated carbocycles. The van der Waals surface area contributed by atoms with E-state index < -0.39 is 29.6 Å². The Morgan fingerprint density at radius 3 is 2.50 bits per heavy atom. The molecular weight excluding hydrogens is 362 g/mol. The Labute approximate surface area is 165 Å². The second-order valence-corrected chi connectivity index (χ2v) is 8.34. The summed E-state index contributed by atoms with van der Waals surface area (Å²) >= 11 is 0. The van der Waals surface area contributed by atoms with E-state index in [1.165, 1.54) is 0 Å². The molecule has 0 bridgehead atoms. The molecule has 0 unspecified atom stereocenters.